The molecule has 3 amide bonds. The molecule has 0 aliphatic rings. The predicted molar refractivity (Wildman–Crippen MR) is 94.0 cm³/mol. The molecule has 3 atom stereocenters. The van der Waals surface area contributed by atoms with Crippen LogP contribution in [0.25, 0.3) is 0 Å². The molecule has 0 heterocycles. The maximum atomic E-state index is 11.9. The molecular formula is C17H24N4O5. The van der Waals surface area contributed by atoms with E-state index in [0.717, 1.165) is 5.56 Å². The van der Waals surface area contributed by atoms with Gasteiger partial charge in [-0.2, -0.15) is 0 Å². The quantitative estimate of drug-likeness (QED) is 0.370. The Morgan fingerprint density at radius 1 is 1.00 bits per heavy atom. The summed E-state index contributed by atoms with van der Waals surface area (Å²) in [7, 11) is 0. The van der Waals surface area contributed by atoms with Gasteiger partial charge in [0, 0.05) is 0 Å². The van der Waals surface area contributed by atoms with Gasteiger partial charge in [0.25, 0.3) is 0 Å². The minimum absolute atomic E-state index is 0.334. The molecule has 0 aliphatic heterocycles. The zero-order valence-corrected chi connectivity index (χ0v) is 14.7. The zero-order chi connectivity index (χ0) is 19.7. The van der Waals surface area contributed by atoms with Crippen molar-refractivity contribution in [1.29, 1.82) is 0 Å². The van der Waals surface area contributed by atoms with Gasteiger partial charge in [0.15, 0.2) is 0 Å². The van der Waals surface area contributed by atoms with Gasteiger partial charge in [-0.1, -0.05) is 30.3 Å². The predicted octanol–water partition coefficient (Wildman–Crippen LogP) is -1.23. The Hall–Kier alpha value is -2.94. The maximum absolute atomic E-state index is 11.9. The summed E-state index contributed by atoms with van der Waals surface area (Å²) in [5, 5.41) is 15.7. The van der Waals surface area contributed by atoms with Crippen LogP contribution in [0.15, 0.2) is 30.3 Å². The summed E-state index contributed by atoms with van der Waals surface area (Å²) in [6.07, 6.45) is 0.334. The molecule has 0 saturated heterocycles. The highest BCUT2D eigenvalue weighted by Gasteiger charge is 2.21. The molecule has 0 saturated carbocycles. The highest BCUT2D eigenvalue weighted by Crippen LogP contribution is 2.01. The fourth-order valence-electron chi connectivity index (χ4n) is 2.02. The van der Waals surface area contributed by atoms with Crippen LogP contribution in [0.1, 0.15) is 19.4 Å². The molecule has 0 aliphatic carbocycles. The summed E-state index contributed by atoms with van der Waals surface area (Å²) in [6.45, 7) is 2.38. The first-order chi connectivity index (χ1) is 12.2. The van der Waals surface area contributed by atoms with Gasteiger partial charge in [0.2, 0.25) is 17.7 Å². The van der Waals surface area contributed by atoms with Crippen LogP contribution >= 0.6 is 0 Å². The van der Waals surface area contributed by atoms with Crippen LogP contribution in [-0.2, 0) is 25.6 Å². The Morgan fingerprint density at radius 2 is 1.62 bits per heavy atom. The fraction of sp³-hybridized carbons (Fsp3) is 0.412. The molecule has 1 aromatic carbocycles. The molecule has 6 N–H and O–H groups in total. The average Bonchev–Trinajstić information content (AvgIpc) is 2.60. The van der Waals surface area contributed by atoms with Gasteiger partial charge < -0.3 is 26.8 Å². The monoisotopic (exact) mass is 364 g/mol. The lowest BCUT2D eigenvalue weighted by atomic mass is 10.1. The Kier molecular flexibility index (Phi) is 8.23. The second kappa shape index (κ2) is 10.1. The van der Waals surface area contributed by atoms with Gasteiger partial charge in [-0.3, -0.25) is 19.2 Å². The molecule has 142 valence electrons. The topological polar surface area (TPSA) is 151 Å². The van der Waals surface area contributed by atoms with Crippen molar-refractivity contribution in [3.63, 3.8) is 0 Å². The van der Waals surface area contributed by atoms with Crippen LogP contribution in [0.5, 0.6) is 0 Å². The van der Waals surface area contributed by atoms with E-state index in [1.807, 2.05) is 30.3 Å². The second-order valence-corrected chi connectivity index (χ2v) is 5.87. The van der Waals surface area contributed by atoms with Gasteiger partial charge in [-0.15, -0.1) is 0 Å². The number of carbonyl (C=O) groups is 4. The summed E-state index contributed by atoms with van der Waals surface area (Å²) in [4.78, 5) is 46.2. The van der Waals surface area contributed by atoms with E-state index in [0.29, 0.717) is 6.42 Å². The molecule has 0 fully saturated rings. The van der Waals surface area contributed by atoms with E-state index >= 15 is 0 Å². The van der Waals surface area contributed by atoms with Crippen molar-refractivity contribution in [2.75, 3.05) is 6.54 Å². The Labute approximate surface area is 151 Å². The number of aliphatic carboxylic acids is 1. The Bertz CT molecular complexity index is 650. The number of carbonyl (C=O) groups excluding carboxylic acids is 3. The number of amides is 3. The van der Waals surface area contributed by atoms with E-state index in [4.69, 9.17) is 10.8 Å². The van der Waals surface area contributed by atoms with Crippen molar-refractivity contribution in [2.24, 2.45) is 5.73 Å². The second-order valence-electron chi connectivity index (χ2n) is 5.87. The van der Waals surface area contributed by atoms with Crippen molar-refractivity contribution >= 4 is 23.7 Å². The molecule has 9 nitrogen and oxygen atoms in total. The molecule has 1 aromatic rings. The Balaban J connectivity index is 2.37. The van der Waals surface area contributed by atoms with E-state index < -0.39 is 41.8 Å². The highest BCUT2D eigenvalue weighted by molar-refractivity contribution is 5.92. The Morgan fingerprint density at radius 3 is 2.19 bits per heavy atom. The largest absolute Gasteiger partial charge is 0.480 e. The van der Waals surface area contributed by atoms with E-state index in [1.165, 1.54) is 13.8 Å². The van der Waals surface area contributed by atoms with Gasteiger partial charge in [0.1, 0.15) is 12.1 Å². The lowest BCUT2D eigenvalue weighted by Gasteiger charge is -2.17. The summed E-state index contributed by atoms with van der Waals surface area (Å²) >= 11 is 0. The summed E-state index contributed by atoms with van der Waals surface area (Å²) in [6, 6.07) is 6.40. The third-order valence-corrected chi connectivity index (χ3v) is 3.56. The van der Waals surface area contributed by atoms with Crippen LogP contribution in [0.3, 0.4) is 0 Å². The van der Waals surface area contributed by atoms with Gasteiger partial charge >= 0.3 is 5.97 Å². The zero-order valence-electron chi connectivity index (χ0n) is 14.7. The van der Waals surface area contributed by atoms with E-state index in [1.54, 1.807) is 0 Å². The van der Waals surface area contributed by atoms with Crippen molar-refractivity contribution in [3.8, 4) is 0 Å². The molecule has 3 unspecified atom stereocenters. The molecule has 0 aromatic heterocycles. The molecule has 26 heavy (non-hydrogen) atoms. The number of rotatable bonds is 9. The fourth-order valence-corrected chi connectivity index (χ4v) is 2.02. The van der Waals surface area contributed by atoms with Crippen LogP contribution in [-0.4, -0.2) is 53.5 Å². The normalized spacial score (nSPS) is 13.8. The van der Waals surface area contributed by atoms with Crippen molar-refractivity contribution in [1.82, 2.24) is 16.0 Å². The van der Waals surface area contributed by atoms with E-state index in [2.05, 4.69) is 16.0 Å². The van der Waals surface area contributed by atoms with Crippen molar-refractivity contribution < 1.29 is 24.3 Å². The first-order valence-electron chi connectivity index (χ1n) is 8.10. The number of carboxylic acid groups (broad SMARTS) is 1. The first-order valence-corrected chi connectivity index (χ1v) is 8.10. The summed E-state index contributed by atoms with van der Waals surface area (Å²) in [5.41, 5.74) is 6.71. The molecule has 0 bridgehead atoms. The number of nitrogens with one attached hydrogen (secondary N) is 3. The smallest absolute Gasteiger partial charge is 0.325 e. The lowest BCUT2D eigenvalue weighted by Crippen LogP contribution is -2.52. The van der Waals surface area contributed by atoms with Gasteiger partial charge in [-0.25, -0.2) is 0 Å². The average molecular weight is 364 g/mol. The molecule has 0 radical (unpaired) electrons. The van der Waals surface area contributed by atoms with E-state index in [9.17, 15) is 19.2 Å². The number of benzene rings is 1. The van der Waals surface area contributed by atoms with E-state index in [-0.39, 0.29) is 6.54 Å². The van der Waals surface area contributed by atoms with Crippen LogP contribution in [0, 0.1) is 0 Å². The SMILES string of the molecule is CC(NC(=O)C(C)NC(=O)CNC(=O)C(N)Cc1ccccc1)C(=O)O. The molecule has 1 rings (SSSR count). The van der Waals surface area contributed by atoms with Crippen LogP contribution < -0.4 is 21.7 Å². The van der Waals surface area contributed by atoms with Crippen LogP contribution in [0.4, 0.5) is 0 Å². The molecular weight excluding hydrogens is 340 g/mol. The van der Waals surface area contributed by atoms with Crippen LogP contribution in [0.2, 0.25) is 0 Å². The lowest BCUT2D eigenvalue weighted by molar-refractivity contribution is -0.141. The number of hydrogen-bond donors (Lipinski definition) is 5. The highest BCUT2D eigenvalue weighted by atomic mass is 16.4. The first kappa shape index (κ1) is 21.1. The van der Waals surface area contributed by atoms with Gasteiger partial charge in [0.05, 0.1) is 12.6 Å². The molecule has 0 spiro atoms. The minimum Gasteiger partial charge on any atom is -0.480 e. The maximum Gasteiger partial charge on any atom is 0.325 e. The third kappa shape index (κ3) is 7.31. The number of hydrogen-bond acceptors (Lipinski definition) is 5. The molecule has 9 heteroatoms. The van der Waals surface area contributed by atoms with Crippen molar-refractivity contribution in [3.05, 3.63) is 35.9 Å². The standard InChI is InChI=1S/C17H24N4O5/c1-10(15(23)21-11(2)17(25)26)20-14(22)9-19-16(24)13(18)8-12-6-4-3-5-7-12/h3-7,10-11,13H,8-9,18H2,1-2H3,(H,19,24)(H,20,22)(H,21,23)(H,25,26). The number of carboxylic acids is 1. The summed E-state index contributed by atoms with van der Waals surface area (Å²) < 4.78 is 0. The minimum atomic E-state index is -1.18. The van der Waals surface area contributed by atoms with Gasteiger partial charge in [-0.05, 0) is 25.8 Å². The van der Waals surface area contributed by atoms with Crippen molar-refractivity contribution in [2.45, 2.75) is 38.4 Å². The summed E-state index contributed by atoms with van der Waals surface area (Å²) in [5.74, 6) is -2.90. The third-order valence-electron chi connectivity index (χ3n) is 3.56. The number of nitrogens with two attached hydrogens (primary N) is 1.